The van der Waals surface area contributed by atoms with Crippen LogP contribution >= 0.6 is 0 Å². The molecule has 3 saturated carbocycles. The van der Waals surface area contributed by atoms with Crippen LogP contribution in [-0.4, -0.2) is 38.2 Å². The van der Waals surface area contributed by atoms with E-state index in [-0.39, 0.29) is 30.6 Å². The van der Waals surface area contributed by atoms with Crippen LogP contribution in [0, 0.1) is 17.8 Å². The van der Waals surface area contributed by atoms with Gasteiger partial charge in [0, 0.05) is 42.8 Å². The summed E-state index contributed by atoms with van der Waals surface area (Å²) in [4.78, 5) is 21.6. The lowest BCUT2D eigenvalue weighted by atomic mass is 9.77. The largest absolute Gasteiger partial charge is 0.391 e. The molecule has 0 aromatic carbocycles. The molecule has 2 aromatic heterocycles. The molecule has 0 saturated heterocycles. The van der Waals surface area contributed by atoms with Crippen molar-refractivity contribution in [3.8, 4) is 0 Å². The summed E-state index contributed by atoms with van der Waals surface area (Å²) in [6.45, 7) is 0. The quantitative estimate of drug-likeness (QED) is 0.314. The molecule has 0 spiro atoms. The van der Waals surface area contributed by atoms with E-state index in [4.69, 9.17) is 0 Å². The number of halogens is 3. The number of carbonyl (C=O) groups is 1. The first kappa shape index (κ1) is 26.9. The first-order valence-corrected chi connectivity index (χ1v) is 14.3. The molecule has 0 amide bonds. The molecular weight excluding hydrogens is 493 g/mol. The van der Waals surface area contributed by atoms with Gasteiger partial charge in [-0.1, -0.05) is 19.3 Å². The predicted molar refractivity (Wildman–Crippen MR) is 140 cm³/mol. The molecule has 3 aliphatic rings. The van der Waals surface area contributed by atoms with Gasteiger partial charge in [0.05, 0.1) is 5.92 Å². The van der Waals surface area contributed by atoms with E-state index < -0.39 is 12.1 Å². The summed E-state index contributed by atoms with van der Waals surface area (Å²) in [6.07, 6.45) is 8.67. The van der Waals surface area contributed by atoms with Crippen molar-refractivity contribution in [2.45, 2.75) is 108 Å². The monoisotopic (exact) mass is 532 g/mol. The summed E-state index contributed by atoms with van der Waals surface area (Å²) < 4.78 is 39.3. The Kier molecular flexibility index (Phi) is 8.53. The highest BCUT2D eigenvalue weighted by molar-refractivity contribution is 5.78. The molecule has 10 heteroatoms. The Morgan fingerprint density at radius 3 is 2.47 bits per heavy atom. The van der Waals surface area contributed by atoms with E-state index in [1.165, 1.54) is 31.4 Å². The van der Waals surface area contributed by atoms with E-state index in [2.05, 4.69) is 36.9 Å². The summed E-state index contributed by atoms with van der Waals surface area (Å²) in [6, 6.07) is 4.12. The number of ketones is 1. The molecule has 208 valence electrons. The number of aromatic amines is 1. The standard InChI is InChI=1S/C28H39F3N6O/c29-28(30,31)21-7-3-4-19(14-21)16-23(38)15-18-8-10-22(11-9-18)33-27-32-13-12-25(35-27)34-26-17-24(36-37-26)20-5-1-2-6-20/h12-13,17-22H,1-11,14-16H2,(H3,32,33,34,35,36,37)/t18?,19-,21+,22?/m1/s1. The Morgan fingerprint density at radius 1 is 0.947 bits per heavy atom. The molecule has 2 aromatic rings. The predicted octanol–water partition coefficient (Wildman–Crippen LogP) is 7.29. The normalized spacial score (nSPS) is 26.8. The zero-order chi connectivity index (χ0) is 26.5. The summed E-state index contributed by atoms with van der Waals surface area (Å²) in [7, 11) is 0. The molecule has 0 bridgehead atoms. The maximum absolute atomic E-state index is 13.1. The molecule has 3 N–H and O–H groups in total. The number of anilines is 3. The fourth-order valence-corrected chi connectivity index (χ4v) is 6.67. The molecular formula is C28H39F3N6O. The van der Waals surface area contributed by atoms with Gasteiger partial charge in [-0.3, -0.25) is 9.89 Å². The van der Waals surface area contributed by atoms with Gasteiger partial charge in [-0.25, -0.2) is 4.98 Å². The van der Waals surface area contributed by atoms with Crippen molar-refractivity contribution in [3.63, 3.8) is 0 Å². The number of nitrogens with one attached hydrogen (secondary N) is 3. The van der Waals surface area contributed by atoms with E-state index >= 15 is 0 Å². The Labute approximate surface area is 222 Å². The number of rotatable bonds is 9. The van der Waals surface area contributed by atoms with Crippen molar-refractivity contribution < 1.29 is 18.0 Å². The molecule has 0 radical (unpaired) electrons. The molecule has 3 aliphatic carbocycles. The highest BCUT2D eigenvalue weighted by Crippen LogP contribution is 2.41. The lowest BCUT2D eigenvalue weighted by Crippen LogP contribution is -2.30. The van der Waals surface area contributed by atoms with Gasteiger partial charge in [0.2, 0.25) is 5.95 Å². The van der Waals surface area contributed by atoms with Crippen LogP contribution in [0.2, 0.25) is 0 Å². The number of Topliss-reactive ketones (excluding diaryl/α,β-unsaturated/α-hetero) is 1. The number of carbonyl (C=O) groups excluding carboxylic acids is 1. The molecule has 3 fully saturated rings. The van der Waals surface area contributed by atoms with E-state index in [0.717, 1.165) is 37.9 Å². The van der Waals surface area contributed by atoms with E-state index in [1.54, 1.807) is 6.20 Å². The second-order valence-corrected chi connectivity index (χ2v) is 11.7. The van der Waals surface area contributed by atoms with Crippen LogP contribution in [0.25, 0.3) is 0 Å². The third-order valence-electron chi connectivity index (χ3n) is 8.76. The SMILES string of the molecule is O=C(CC1CCC(Nc2nccc(Nc3cc(C4CCCC4)[nH]n3)n2)CC1)C[C@@H]1CCC[C@H](C(F)(F)F)C1. The van der Waals surface area contributed by atoms with Crippen molar-refractivity contribution in [1.29, 1.82) is 0 Å². The molecule has 2 atom stereocenters. The molecule has 38 heavy (non-hydrogen) atoms. The smallest absolute Gasteiger partial charge is 0.351 e. The van der Waals surface area contributed by atoms with Gasteiger partial charge in [-0.15, -0.1) is 0 Å². The van der Waals surface area contributed by atoms with Crippen LogP contribution in [0.3, 0.4) is 0 Å². The first-order valence-electron chi connectivity index (χ1n) is 14.3. The second kappa shape index (κ2) is 12.0. The van der Waals surface area contributed by atoms with Crippen molar-refractivity contribution in [1.82, 2.24) is 20.2 Å². The lowest BCUT2D eigenvalue weighted by molar-refractivity contribution is -0.186. The average Bonchev–Trinajstić information content (AvgIpc) is 3.58. The number of alkyl halides is 3. The van der Waals surface area contributed by atoms with Crippen LogP contribution in [-0.2, 0) is 4.79 Å². The van der Waals surface area contributed by atoms with Crippen LogP contribution in [0.5, 0.6) is 0 Å². The fraction of sp³-hybridized carbons (Fsp3) is 0.714. The maximum atomic E-state index is 13.1. The summed E-state index contributed by atoms with van der Waals surface area (Å²) in [5, 5.41) is 14.2. The van der Waals surface area contributed by atoms with Gasteiger partial charge in [0.25, 0.3) is 0 Å². The molecule has 5 rings (SSSR count). The molecule has 2 heterocycles. The minimum atomic E-state index is -4.14. The minimum absolute atomic E-state index is 0.113. The fourth-order valence-electron chi connectivity index (χ4n) is 6.67. The van der Waals surface area contributed by atoms with E-state index in [0.29, 0.717) is 42.9 Å². The van der Waals surface area contributed by atoms with Gasteiger partial charge in [-0.05, 0) is 75.7 Å². The number of aromatic nitrogens is 4. The lowest BCUT2D eigenvalue weighted by Gasteiger charge is -2.31. The zero-order valence-electron chi connectivity index (χ0n) is 21.9. The Morgan fingerprint density at radius 2 is 1.71 bits per heavy atom. The topological polar surface area (TPSA) is 95.6 Å². The van der Waals surface area contributed by atoms with Gasteiger partial charge in [-0.2, -0.15) is 23.3 Å². The minimum Gasteiger partial charge on any atom is -0.351 e. The van der Waals surface area contributed by atoms with Crippen LogP contribution in [0.4, 0.5) is 30.8 Å². The van der Waals surface area contributed by atoms with E-state index in [9.17, 15) is 18.0 Å². The Balaban J connectivity index is 1.05. The second-order valence-electron chi connectivity index (χ2n) is 11.7. The van der Waals surface area contributed by atoms with Gasteiger partial charge < -0.3 is 10.6 Å². The Hall–Kier alpha value is -2.65. The summed E-state index contributed by atoms with van der Waals surface area (Å²) >= 11 is 0. The van der Waals surface area contributed by atoms with Crippen LogP contribution in [0.1, 0.15) is 102 Å². The van der Waals surface area contributed by atoms with Gasteiger partial charge >= 0.3 is 6.18 Å². The Bertz CT molecular complexity index is 1060. The van der Waals surface area contributed by atoms with Gasteiger partial charge in [0.15, 0.2) is 5.82 Å². The molecule has 7 nitrogen and oxygen atoms in total. The third-order valence-corrected chi connectivity index (χ3v) is 8.76. The first-order chi connectivity index (χ1) is 18.3. The number of H-pyrrole nitrogens is 1. The van der Waals surface area contributed by atoms with Crippen molar-refractivity contribution in [2.75, 3.05) is 10.6 Å². The van der Waals surface area contributed by atoms with Gasteiger partial charge in [0.1, 0.15) is 11.6 Å². The van der Waals surface area contributed by atoms with E-state index in [1.807, 2.05) is 6.07 Å². The highest BCUT2D eigenvalue weighted by atomic mass is 19.4. The number of hydrogen-bond acceptors (Lipinski definition) is 6. The van der Waals surface area contributed by atoms with Crippen molar-refractivity contribution in [2.24, 2.45) is 17.8 Å². The summed E-state index contributed by atoms with van der Waals surface area (Å²) in [5.41, 5.74) is 1.18. The zero-order valence-corrected chi connectivity index (χ0v) is 21.9. The third kappa shape index (κ3) is 7.26. The van der Waals surface area contributed by atoms with Crippen LogP contribution < -0.4 is 10.6 Å². The van der Waals surface area contributed by atoms with Crippen LogP contribution in [0.15, 0.2) is 18.3 Å². The van der Waals surface area contributed by atoms with Crippen molar-refractivity contribution >= 4 is 23.4 Å². The molecule has 0 unspecified atom stereocenters. The number of nitrogens with zero attached hydrogens (tertiary/aromatic N) is 3. The maximum Gasteiger partial charge on any atom is 0.391 e. The number of hydrogen-bond donors (Lipinski definition) is 3. The highest BCUT2D eigenvalue weighted by Gasteiger charge is 2.42. The summed E-state index contributed by atoms with van der Waals surface area (Å²) in [5.74, 6) is 1.66. The molecule has 0 aliphatic heterocycles. The average molecular weight is 533 g/mol. The van der Waals surface area contributed by atoms with Crippen molar-refractivity contribution in [3.05, 3.63) is 24.0 Å².